The molecule has 0 spiro atoms. The molecule has 2 aromatic rings. The molecular formula is C19H23N3O2. The van der Waals surface area contributed by atoms with E-state index in [0.29, 0.717) is 12.2 Å². The number of rotatable bonds is 6. The molecular weight excluding hydrogens is 302 g/mol. The molecule has 0 atom stereocenters. The zero-order valence-electron chi connectivity index (χ0n) is 14.1. The first kappa shape index (κ1) is 17.5. The summed E-state index contributed by atoms with van der Waals surface area (Å²) in [6.45, 7) is 0.469. The van der Waals surface area contributed by atoms with Crippen LogP contribution in [0.1, 0.15) is 12.0 Å². The lowest BCUT2D eigenvalue weighted by atomic mass is 10.1. The second kappa shape index (κ2) is 8.72. The number of anilines is 2. The monoisotopic (exact) mass is 325 g/mol. The summed E-state index contributed by atoms with van der Waals surface area (Å²) < 4.78 is 0. The third-order valence-corrected chi connectivity index (χ3v) is 3.62. The third-order valence-electron chi connectivity index (χ3n) is 3.62. The van der Waals surface area contributed by atoms with Crippen LogP contribution in [0.4, 0.5) is 11.4 Å². The van der Waals surface area contributed by atoms with Gasteiger partial charge in [0.1, 0.15) is 0 Å². The molecule has 126 valence electrons. The molecule has 5 nitrogen and oxygen atoms in total. The predicted molar refractivity (Wildman–Crippen MR) is 97.2 cm³/mol. The summed E-state index contributed by atoms with van der Waals surface area (Å²) in [6, 6.07) is 17.2. The van der Waals surface area contributed by atoms with Crippen molar-refractivity contribution in [1.82, 2.24) is 5.32 Å². The first-order chi connectivity index (χ1) is 11.6. The Hall–Kier alpha value is -2.82. The van der Waals surface area contributed by atoms with Gasteiger partial charge in [0.05, 0.1) is 0 Å². The molecule has 0 saturated carbocycles. The van der Waals surface area contributed by atoms with Gasteiger partial charge in [0.2, 0.25) is 0 Å². The number of nitrogens with one attached hydrogen (secondary N) is 2. The Morgan fingerprint density at radius 3 is 2.21 bits per heavy atom. The van der Waals surface area contributed by atoms with Crippen LogP contribution in [-0.4, -0.2) is 32.5 Å². The molecule has 0 radical (unpaired) electrons. The van der Waals surface area contributed by atoms with Crippen molar-refractivity contribution in [2.45, 2.75) is 12.8 Å². The minimum atomic E-state index is -0.642. The second-order valence-corrected chi connectivity index (χ2v) is 5.74. The SMILES string of the molecule is CN(C)c1ccc(CCCNC(=O)C(=O)Nc2ccccc2)cc1. The molecule has 0 heterocycles. The van der Waals surface area contributed by atoms with Gasteiger partial charge in [-0.05, 0) is 42.7 Å². The normalized spacial score (nSPS) is 10.1. The van der Waals surface area contributed by atoms with Crippen LogP contribution in [0.25, 0.3) is 0 Å². The van der Waals surface area contributed by atoms with E-state index in [1.165, 1.54) is 5.56 Å². The standard InChI is InChI=1S/C19H23N3O2/c1-22(2)17-12-10-15(11-13-17)7-6-14-20-18(23)19(24)21-16-8-4-3-5-9-16/h3-5,8-13H,6-7,14H2,1-2H3,(H,20,23)(H,21,24). The van der Waals surface area contributed by atoms with Gasteiger partial charge in [-0.15, -0.1) is 0 Å². The van der Waals surface area contributed by atoms with Gasteiger partial charge in [0.25, 0.3) is 0 Å². The summed E-state index contributed by atoms with van der Waals surface area (Å²) in [5.74, 6) is -1.25. The van der Waals surface area contributed by atoms with E-state index in [1.807, 2.05) is 20.2 Å². The van der Waals surface area contributed by atoms with Crippen molar-refractivity contribution in [3.8, 4) is 0 Å². The molecule has 0 aliphatic carbocycles. The smallest absolute Gasteiger partial charge is 0.313 e. The molecule has 0 aliphatic heterocycles. The number of amides is 2. The lowest BCUT2D eigenvalue weighted by Crippen LogP contribution is -2.36. The number of aryl methyl sites for hydroxylation is 1. The average molecular weight is 325 g/mol. The number of nitrogens with zero attached hydrogens (tertiary/aromatic N) is 1. The molecule has 0 bridgehead atoms. The van der Waals surface area contributed by atoms with E-state index in [4.69, 9.17) is 0 Å². The number of carbonyl (C=O) groups excluding carboxylic acids is 2. The molecule has 0 aliphatic rings. The molecule has 0 saturated heterocycles. The molecule has 0 aromatic heterocycles. The van der Waals surface area contributed by atoms with Crippen LogP contribution in [0.15, 0.2) is 54.6 Å². The van der Waals surface area contributed by atoms with Crippen molar-refractivity contribution < 1.29 is 9.59 Å². The highest BCUT2D eigenvalue weighted by Crippen LogP contribution is 2.13. The Balaban J connectivity index is 1.69. The highest BCUT2D eigenvalue weighted by molar-refractivity contribution is 6.39. The van der Waals surface area contributed by atoms with Crippen molar-refractivity contribution in [2.75, 3.05) is 30.9 Å². The fourth-order valence-electron chi connectivity index (χ4n) is 2.24. The summed E-state index contributed by atoms with van der Waals surface area (Å²) in [7, 11) is 4.01. The number of carbonyl (C=O) groups is 2. The second-order valence-electron chi connectivity index (χ2n) is 5.74. The van der Waals surface area contributed by atoms with Crippen molar-refractivity contribution in [3.05, 3.63) is 60.2 Å². The Bertz CT molecular complexity index is 667. The Morgan fingerprint density at radius 2 is 1.58 bits per heavy atom. The van der Waals surface area contributed by atoms with E-state index in [0.717, 1.165) is 18.5 Å². The highest BCUT2D eigenvalue weighted by Gasteiger charge is 2.12. The quantitative estimate of drug-likeness (QED) is 0.633. The van der Waals surface area contributed by atoms with Gasteiger partial charge < -0.3 is 15.5 Å². The third kappa shape index (κ3) is 5.43. The molecule has 2 N–H and O–H groups in total. The summed E-state index contributed by atoms with van der Waals surface area (Å²) in [5, 5.41) is 5.20. The summed E-state index contributed by atoms with van der Waals surface area (Å²) in [6.07, 6.45) is 1.64. The van der Waals surface area contributed by atoms with Crippen molar-refractivity contribution in [3.63, 3.8) is 0 Å². The van der Waals surface area contributed by atoms with E-state index in [9.17, 15) is 9.59 Å². The van der Waals surface area contributed by atoms with Gasteiger partial charge in [0, 0.05) is 32.0 Å². The molecule has 5 heteroatoms. The molecule has 0 fully saturated rings. The van der Waals surface area contributed by atoms with E-state index < -0.39 is 11.8 Å². The van der Waals surface area contributed by atoms with Crippen molar-refractivity contribution in [2.24, 2.45) is 0 Å². The summed E-state index contributed by atoms with van der Waals surface area (Å²) >= 11 is 0. The van der Waals surface area contributed by atoms with Gasteiger partial charge in [0.15, 0.2) is 0 Å². The van der Waals surface area contributed by atoms with E-state index >= 15 is 0 Å². The molecule has 2 rings (SSSR count). The largest absolute Gasteiger partial charge is 0.378 e. The van der Waals surface area contributed by atoms with E-state index in [1.54, 1.807) is 24.3 Å². The van der Waals surface area contributed by atoms with Gasteiger partial charge >= 0.3 is 11.8 Å². The first-order valence-corrected chi connectivity index (χ1v) is 7.97. The van der Waals surface area contributed by atoms with Crippen LogP contribution in [-0.2, 0) is 16.0 Å². The number of benzene rings is 2. The molecule has 24 heavy (non-hydrogen) atoms. The van der Waals surface area contributed by atoms with Crippen LogP contribution in [0.3, 0.4) is 0 Å². The Labute approximate surface area is 142 Å². The van der Waals surface area contributed by atoms with Crippen molar-refractivity contribution in [1.29, 1.82) is 0 Å². The lowest BCUT2D eigenvalue weighted by molar-refractivity contribution is -0.136. The van der Waals surface area contributed by atoms with Crippen molar-refractivity contribution >= 4 is 23.2 Å². The number of hydrogen-bond donors (Lipinski definition) is 2. The maximum absolute atomic E-state index is 11.8. The van der Waals surface area contributed by atoms with Crippen LogP contribution >= 0.6 is 0 Å². The van der Waals surface area contributed by atoms with Crippen LogP contribution in [0.5, 0.6) is 0 Å². The number of hydrogen-bond acceptors (Lipinski definition) is 3. The molecule has 2 aromatic carbocycles. The molecule has 0 unspecified atom stereocenters. The number of para-hydroxylation sites is 1. The maximum atomic E-state index is 11.8. The predicted octanol–water partition coefficient (Wildman–Crippen LogP) is 2.44. The fraction of sp³-hybridized carbons (Fsp3) is 0.263. The van der Waals surface area contributed by atoms with Gasteiger partial charge in [-0.2, -0.15) is 0 Å². The van der Waals surface area contributed by atoms with Gasteiger partial charge in [-0.3, -0.25) is 9.59 Å². The lowest BCUT2D eigenvalue weighted by Gasteiger charge is -2.12. The Morgan fingerprint density at radius 1 is 0.917 bits per heavy atom. The maximum Gasteiger partial charge on any atom is 0.313 e. The topological polar surface area (TPSA) is 61.4 Å². The Kier molecular flexibility index (Phi) is 6.37. The van der Waals surface area contributed by atoms with Crippen LogP contribution in [0, 0.1) is 0 Å². The minimum Gasteiger partial charge on any atom is -0.378 e. The van der Waals surface area contributed by atoms with E-state index in [-0.39, 0.29) is 0 Å². The van der Waals surface area contributed by atoms with Crippen LogP contribution in [0.2, 0.25) is 0 Å². The van der Waals surface area contributed by atoms with Gasteiger partial charge in [-0.1, -0.05) is 30.3 Å². The average Bonchev–Trinajstić information content (AvgIpc) is 2.59. The van der Waals surface area contributed by atoms with Gasteiger partial charge in [-0.25, -0.2) is 0 Å². The highest BCUT2D eigenvalue weighted by atomic mass is 16.2. The minimum absolute atomic E-state index is 0.469. The molecule has 2 amide bonds. The summed E-state index contributed by atoms with van der Waals surface area (Å²) in [4.78, 5) is 25.6. The zero-order chi connectivity index (χ0) is 17.4. The van der Waals surface area contributed by atoms with Crippen LogP contribution < -0.4 is 15.5 Å². The summed E-state index contributed by atoms with van der Waals surface area (Å²) in [5.41, 5.74) is 2.98. The zero-order valence-corrected chi connectivity index (χ0v) is 14.1. The fourth-order valence-corrected chi connectivity index (χ4v) is 2.24. The van der Waals surface area contributed by atoms with E-state index in [2.05, 4.69) is 39.8 Å². The first-order valence-electron chi connectivity index (χ1n) is 7.97.